The fourth-order valence-corrected chi connectivity index (χ4v) is 4.16. The summed E-state index contributed by atoms with van der Waals surface area (Å²) in [4.78, 5) is 5.46. The largest absolute Gasteiger partial charge is 0.381 e. The second-order valence-electron chi connectivity index (χ2n) is 7.82. The molecule has 3 nitrogen and oxygen atoms in total. The molecule has 1 saturated carbocycles. The van der Waals surface area contributed by atoms with Crippen LogP contribution in [0.2, 0.25) is 0 Å². The summed E-state index contributed by atoms with van der Waals surface area (Å²) in [6.07, 6.45) is 5.39. The first-order chi connectivity index (χ1) is 11.3. The molecule has 2 aliphatic heterocycles. The van der Waals surface area contributed by atoms with Crippen LogP contribution in [0.4, 0.5) is 0 Å². The van der Waals surface area contributed by atoms with Gasteiger partial charge in [0.25, 0.3) is 0 Å². The van der Waals surface area contributed by atoms with Gasteiger partial charge in [-0.25, -0.2) is 0 Å². The summed E-state index contributed by atoms with van der Waals surface area (Å²) in [5.41, 5.74) is 2.83. The molecule has 1 aromatic carbocycles. The topological polar surface area (TPSA) is 15.7 Å². The van der Waals surface area contributed by atoms with Gasteiger partial charge in [-0.15, -0.1) is 0 Å². The van der Waals surface area contributed by atoms with Crippen LogP contribution >= 0.6 is 0 Å². The number of hydrogen-bond donors (Lipinski definition) is 0. The highest BCUT2D eigenvalue weighted by Crippen LogP contribution is 2.34. The van der Waals surface area contributed by atoms with Crippen molar-refractivity contribution in [3.63, 3.8) is 0 Å². The third-order valence-electron chi connectivity index (χ3n) is 5.72. The Labute approximate surface area is 140 Å². The van der Waals surface area contributed by atoms with Gasteiger partial charge in [0.15, 0.2) is 0 Å². The zero-order valence-electron chi connectivity index (χ0n) is 14.4. The van der Waals surface area contributed by atoms with Gasteiger partial charge in [0.2, 0.25) is 0 Å². The average Bonchev–Trinajstić information content (AvgIpc) is 3.34. The standard InChI is InChI=1S/C20H30N2O/c1-16-3-2-4-18(11-16)12-21-14-20(15-21)22(13-17-5-6-17)19-7-9-23-10-8-19/h2-4,11,17,19-20H,5-10,12-15H2,1H3. The maximum atomic E-state index is 5.58. The maximum Gasteiger partial charge on any atom is 0.0480 e. The Balaban J connectivity index is 1.32. The first-order valence-corrected chi connectivity index (χ1v) is 9.39. The Kier molecular flexibility index (Phi) is 4.70. The van der Waals surface area contributed by atoms with Crippen LogP contribution in [0.25, 0.3) is 0 Å². The number of likely N-dealkylation sites (tertiary alicyclic amines) is 1. The van der Waals surface area contributed by atoms with Gasteiger partial charge in [-0.2, -0.15) is 0 Å². The molecule has 2 heterocycles. The van der Waals surface area contributed by atoms with E-state index >= 15 is 0 Å². The molecule has 3 fully saturated rings. The van der Waals surface area contributed by atoms with Gasteiger partial charge < -0.3 is 4.74 Å². The van der Waals surface area contributed by atoms with Crippen molar-refractivity contribution in [3.05, 3.63) is 35.4 Å². The van der Waals surface area contributed by atoms with E-state index in [1.165, 1.54) is 56.4 Å². The highest BCUT2D eigenvalue weighted by molar-refractivity contribution is 5.22. The molecule has 0 unspecified atom stereocenters. The van der Waals surface area contributed by atoms with Gasteiger partial charge in [0.1, 0.15) is 0 Å². The van der Waals surface area contributed by atoms with Crippen LogP contribution in [0.15, 0.2) is 24.3 Å². The maximum absolute atomic E-state index is 5.58. The van der Waals surface area contributed by atoms with Gasteiger partial charge in [-0.3, -0.25) is 9.80 Å². The van der Waals surface area contributed by atoms with E-state index in [0.29, 0.717) is 0 Å². The van der Waals surface area contributed by atoms with Crippen LogP contribution in [0.5, 0.6) is 0 Å². The van der Waals surface area contributed by atoms with Crippen molar-refractivity contribution in [1.29, 1.82) is 0 Å². The predicted molar refractivity (Wildman–Crippen MR) is 93.5 cm³/mol. The minimum absolute atomic E-state index is 0.774. The lowest BCUT2D eigenvalue weighted by molar-refractivity contribution is -0.0355. The lowest BCUT2D eigenvalue weighted by Crippen LogP contribution is -2.62. The quantitative estimate of drug-likeness (QED) is 0.802. The predicted octanol–water partition coefficient (Wildman–Crippen LogP) is 3.07. The van der Waals surface area contributed by atoms with Crippen molar-refractivity contribution in [2.45, 2.75) is 51.2 Å². The van der Waals surface area contributed by atoms with Gasteiger partial charge >= 0.3 is 0 Å². The van der Waals surface area contributed by atoms with Crippen LogP contribution in [0, 0.1) is 12.8 Å². The Morgan fingerprint density at radius 3 is 2.57 bits per heavy atom. The fourth-order valence-electron chi connectivity index (χ4n) is 4.16. The first kappa shape index (κ1) is 15.6. The number of aryl methyl sites for hydroxylation is 1. The van der Waals surface area contributed by atoms with Crippen molar-refractivity contribution in [3.8, 4) is 0 Å². The monoisotopic (exact) mass is 314 g/mol. The lowest BCUT2D eigenvalue weighted by atomic mass is 9.98. The third-order valence-corrected chi connectivity index (χ3v) is 5.72. The van der Waals surface area contributed by atoms with Crippen LogP contribution < -0.4 is 0 Å². The van der Waals surface area contributed by atoms with Crippen LogP contribution in [0.1, 0.15) is 36.8 Å². The molecule has 3 aliphatic rings. The highest BCUT2D eigenvalue weighted by Gasteiger charge is 2.38. The lowest BCUT2D eigenvalue weighted by Gasteiger charge is -2.49. The molecule has 126 valence electrons. The van der Waals surface area contributed by atoms with Crippen molar-refractivity contribution in [1.82, 2.24) is 9.80 Å². The average molecular weight is 314 g/mol. The van der Waals surface area contributed by atoms with Gasteiger partial charge in [0.05, 0.1) is 0 Å². The second-order valence-corrected chi connectivity index (χ2v) is 7.82. The second kappa shape index (κ2) is 6.92. The van der Waals surface area contributed by atoms with Crippen molar-refractivity contribution < 1.29 is 4.74 Å². The summed E-state index contributed by atoms with van der Waals surface area (Å²) < 4.78 is 5.58. The normalized spacial score (nSPS) is 24.1. The van der Waals surface area contributed by atoms with Gasteiger partial charge in [-0.05, 0) is 44.1 Å². The van der Waals surface area contributed by atoms with Gasteiger partial charge in [-0.1, -0.05) is 29.8 Å². The van der Waals surface area contributed by atoms with Crippen LogP contribution in [0.3, 0.4) is 0 Å². The molecule has 0 N–H and O–H groups in total. The molecule has 23 heavy (non-hydrogen) atoms. The smallest absolute Gasteiger partial charge is 0.0480 e. The fraction of sp³-hybridized carbons (Fsp3) is 0.700. The molecule has 1 aliphatic carbocycles. The summed E-state index contributed by atoms with van der Waals surface area (Å²) in [5, 5.41) is 0. The molecule has 0 aromatic heterocycles. The SMILES string of the molecule is Cc1cccc(CN2CC(N(CC3CC3)C3CCOCC3)C2)c1. The minimum Gasteiger partial charge on any atom is -0.381 e. The van der Waals surface area contributed by atoms with E-state index in [4.69, 9.17) is 4.74 Å². The number of ether oxygens (including phenoxy) is 1. The molecule has 0 amide bonds. The first-order valence-electron chi connectivity index (χ1n) is 9.39. The molecule has 0 radical (unpaired) electrons. The Bertz CT molecular complexity index is 516. The molecule has 2 saturated heterocycles. The van der Waals surface area contributed by atoms with E-state index in [0.717, 1.165) is 37.8 Å². The minimum atomic E-state index is 0.774. The van der Waals surface area contributed by atoms with E-state index < -0.39 is 0 Å². The molecule has 0 atom stereocenters. The number of hydrogen-bond acceptors (Lipinski definition) is 3. The van der Waals surface area contributed by atoms with Crippen LogP contribution in [-0.4, -0.2) is 54.7 Å². The van der Waals surface area contributed by atoms with E-state index in [1.807, 2.05) is 0 Å². The summed E-state index contributed by atoms with van der Waals surface area (Å²) in [5.74, 6) is 0.990. The van der Waals surface area contributed by atoms with Gasteiger partial charge in [0, 0.05) is 51.5 Å². The van der Waals surface area contributed by atoms with E-state index in [1.54, 1.807) is 0 Å². The molecule has 0 spiro atoms. The Morgan fingerprint density at radius 1 is 1.09 bits per heavy atom. The zero-order valence-corrected chi connectivity index (χ0v) is 14.4. The summed E-state index contributed by atoms with van der Waals surface area (Å²) in [6.45, 7) is 9.06. The van der Waals surface area contributed by atoms with Crippen molar-refractivity contribution in [2.75, 3.05) is 32.8 Å². The summed E-state index contributed by atoms with van der Waals surface area (Å²) in [7, 11) is 0. The number of benzene rings is 1. The molecule has 4 rings (SSSR count). The van der Waals surface area contributed by atoms with E-state index in [9.17, 15) is 0 Å². The highest BCUT2D eigenvalue weighted by atomic mass is 16.5. The summed E-state index contributed by atoms with van der Waals surface area (Å²) in [6, 6.07) is 10.5. The third kappa shape index (κ3) is 3.96. The van der Waals surface area contributed by atoms with Crippen LogP contribution in [-0.2, 0) is 11.3 Å². The molecular formula is C20H30N2O. The Morgan fingerprint density at radius 2 is 1.87 bits per heavy atom. The number of rotatable bonds is 6. The molecular weight excluding hydrogens is 284 g/mol. The zero-order chi connectivity index (χ0) is 15.6. The van der Waals surface area contributed by atoms with Crippen molar-refractivity contribution in [2.24, 2.45) is 5.92 Å². The van der Waals surface area contributed by atoms with Crippen molar-refractivity contribution >= 4 is 0 Å². The van der Waals surface area contributed by atoms with E-state index in [2.05, 4.69) is 41.0 Å². The number of nitrogens with zero attached hydrogens (tertiary/aromatic N) is 2. The van der Waals surface area contributed by atoms with E-state index in [-0.39, 0.29) is 0 Å². The molecule has 0 bridgehead atoms. The molecule has 3 heteroatoms. The molecule has 1 aromatic rings. The Hall–Kier alpha value is -0.900. The summed E-state index contributed by atoms with van der Waals surface area (Å²) >= 11 is 0.